The lowest BCUT2D eigenvalue weighted by molar-refractivity contribution is 0.00293. The molecule has 0 amide bonds. The molecular weight excluding hydrogens is 238 g/mol. The first kappa shape index (κ1) is 12.2. The van der Waals surface area contributed by atoms with Gasteiger partial charge in [-0.1, -0.05) is 11.6 Å². The number of rotatable bonds is 4. The minimum absolute atomic E-state index is 0.338. The van der Waals surface area contributed by atoms with Crippen LogP contribution in [0.3, 0.4) is 0 Å². The molecule has 1 heterocycles. The van der Waals surface area contributed by atoms with Crippen LogP contribution in [0, 0.1) is 11.3 Å². The summed E-state index contributed by atoms with van der Waals surface area (Å²) in [7, 11) is 0. The maximum atomic E-state index is 8.85. The number of aromatic nitrogens is 1. The Bertz CT molecular complexity index is 438. The fraction of sp³-hybridized carbons (Fsp3) is 0.500. The van der Waals surface area contributed by atoms with Crippen LogP contribution in [0.2, 0.25) is 5.02 Å². The standard InChI is InChI=1S/C12H14ClN3O/c1-2-17-10-5-9(6-10)16-12-11(13)8(7-14)3-4-15-12/h3-4,9-10H,2,5-6H2,1H3,(H,15,16). The van der Waals surface area contributed by atoms with Crippen LogP contribution >= 0.6 is 11.6 Å². The van der Waals surface area contributed by atoms with Crippen molar-refractivity contribution >= 4 is 17.4 Å². The summed E-state index contributed by atoms with van der Waals surface area (Å²) in [5.41, 5.74) is 0.449. The SMILES string of the molecule is CCOC1CC(Nc2nccc(C#N)c2Cl)C1. The zero-order chi connectivity index (χ0) is 12.3. The summed E-state index contributed by atoms with van der Waals surface area (Å²) in [5.74, 6) is 0.589. The summed E-state index contributed by atoms with van der Waals surface area (Å²) in [6, 6.07) is 3.98. The van der Waals surface area contributed by atoms with Gasteiger partial charge in [0.05, 0.1) is 11.7 Å². The topological polar surface area (TPSA) is 57.9 Å². The molecule has 90 valence electrons. The first-order valence-electron chi connectivity index (χ1n) is 5.67. The van der Waals surface area contributed by atoms with E-state index in [-0.39, 0.29) is 0 Å². The third-order valence-electron chi connectivity index (χ3n) is 2.85. The third-order valence-corrected chi connectivity index (χ3v) is 3.23. The van der Waals surface area contributed by atoms with Gasteiger partial charge in [-0.15, -0.1) is 0 Å². The quantitative estimate of drug-likeness (QED) is 0.894. The predicted octanol–water partition coefficient (Wildman–Crippen LogP) is 2.59. The highest BCUT2D eigenvalue weighted by atomic mass is 35.5. The molecule has 0 unspecified atom stereocenters. The Hall–Kier alpha value is -1.31. The van der Waals surface area contributed by atoms with E-state index in [9.17, 15) is 0 Å². The minimum atomic E-state index is 0.338. The lowest BCUT2D eigenvalue weighted by Crippen LogP contribution is -2.41. The number of hydrogen-bond acceptors (Lipinski definition) is 4. The van der Waals surface area contributed by atoms with Gasteiger partial charge in [-0.05, 0) is 25.8 Å². The van der Waals surface area contributed by atoms with Gasteiger partial charge >= 0.3 is 0 Å². The van der Waals surface area contributed by atoms with Crippen LogP contribution in [0.4, 0.5) is 5.82 Å². The van der Waals surface area contributed by atoms with E-state index >= 15 is 0 Å². The molecule has 0 aromatic carbocycles. The van der Waals surface area contributed by atoms with Crippen molar-refractivity contribution in [3.05, 3.63) is 22.8 Å². The molecule has 1 N–H and O–H groups in total. The van der Waals surface area contributed by atoms with Gasteiger partial charge in [0.15, 0.2) is 0 Å². The van der Waals surface area contributed by atoms with Crippen LogP contribution in [0.1, 0.15) is 25.3 Å². The van der Waals surface area contributed by atoms with Gasteiger partial charge in [-0.2, -0.15) is 5.26 Å². The van der Waals surface area contributed by atoms with Crippen LogP contribution in [0.15, 0.2) is 12.3 Å². The van der Waals surface area contributed by atoms with Crippen LogP contribution in [0.5, 0.6) is 0 Å². The molecular formula is C12H14ClN3O. The largest absolute Gasteiger partial charge is 0.378 e. The first-order chi connectivity index (χ1) is 8.24. The molecule has 1 aromatic rings. The van der Waals surface area contributed by atoms with Crippen molar-refractivity contribution < 1.29 is 4.74 Å². The van der Waals surface area contributed by atoms with Gasteiger partial charge < -0.3 is 10.1 Å². The van der Waals surface area contributed by atoms with Crippen molar-refractivity contribution in [1.29, 1.82) is 5.26 Å². The van der Waals surface area contributed by atoms with Gasteiger partial charge in [0.1, 0.15) is 16.9 Å². The molecule has 1 saturated carbocycles. The summed E-state index contributed by atoms with van der Waals surface area (Å²) >= 11 is 6.05. The van der Waals surface area contributed by atoms with Gasteiger partial charge in [0.25, 0.3) is 0 Å². The molecule has 1 fully saturated rings. The number of anilines is 1. The maximum absolute atomic E-state index is 8.85. The van der Waals surface area contributed by atoms with Gasteiger partial charge in [0.2, 0.25) is 0 Å². The molecule has 2 rings (SSSR count). The van der Waals surface area contributed by atoms with E-state index in [2.05, 4.69) is 10.3 Å². The second-order valence-corrected chi connectivity index (χ2v) is 4.40. The number of nitrogens with one attached hydrogen (secondary N) is 1. The number of nitrogens with zero attached hydrogens (tertiary/aromatic N) is 2. The molecule has 4 nitrogen and oxygen atoms in total. The normalized spacial score (nSPS) is 22.6. The Morgan fingerprint density at radius 3 is 3.06 bits per heavy atom. The zero-order valence-corrected chi connectivity index (χ0v) is 10.4. The molecule has 0 radical (unpaired) electrons. The predicted molar refractivity (Wildman–Crippen MR) is 66.0 cm³/mol. The molecule has 0 bridgehead atoms. The Morgan fingerprint density at radius 2 is 2.41 bits per heavy atom. The highest BCUT2D eigenvalue weighted by Crippen LogP contribution is 2.30. The van der Waals surface area contributed by atoms with E-state index in [0.717, 1.165) is 19.4 Å². The van der Waals surface area contributed by atoms with Crippen molar-refractivity contribution in [3.63, 3.8) is 0 Å². The lowest BCUT2D eigenvalue weighted by atomic mass is 9.89. The number of pyridine rings is 1. The molecule has 5 heteroatoms. The lowest BCUT2D eigenvalue weighted by Gasteiger charge is -2.35. The van der Waals surface area contributed by atoms with Crippen molar-refractivity contribution in [3.8, 4) is 6.07 Å². The number of halogens is 1. The van der Waals surface area contributed by atoms with E-state index in [1.807, 2.05) is 13.0 Å². The van der Waals surface area contributed by atoms with Gasteiger partial charge in [0, 0.05) is 18.8 Å². The van der Waals surface area contributed by atoms with Crippen molar-refractivity contribution in [2.24, 2.45) is 0 Å². The summed E-state index contributed by atoms with van der Waals surface area (Å²) in [5, 5.41) is 12.5. The highest BCUT2D eigenvalue weighted by Gasteiger charge is 2.30. The number of ether oxygens (including phenoxy) is 1. The molecule has 0 atom stereocenters. The summed E-state index contributed by atoms with van der Waals surface area (Å²) in [6.07, 6.45) is 3.85. The molecule has 17 heavy (non-hydrogen) atoms. The van der Waals surface area contributed by atoms with Crippen LogP contribution < -0.4 is 5.32 Å². The second-order valence-electron chi connectivity index (χ2n) is 4.02. The van der Waals surface area contributed by atoms with Gasteiger partial charge in [-0.25, -0.2) is 4.98 Å². The van der Waals surface area contributed by atoms with E-state index in [4.69, 9.17) is 21.6 Å². The fourth-order valence-corrected chi connectivity index (χ4v) is 2.09. The Labute approximate surface area is 106 Å². The van der Waals surface area contributed by atoms with E-state index < -0.39 is 0 Å². The van der Waals surface area contributed by atoms with E-state index in [1.165, 1.54) is 0 Å². The maximum Gasteiger partial charge on any atom is 0.146 e. The summed E-state index contributed by atoms with van der Waals surface area (Å²) < 4.78 is 5.48. The van der Waals surface area contributed by atoms with Crippen LogP contribution in [-0.2, 0) is 4.74 Å². The van der Waals surface area contributed by atoms with Crippen molar-refractivity contribution in [1.82, 2.24) is 4.98 Å². The molecule has 1 aliphatic carbocycles. The molecule has 0 aliphatic heterocycles. The number of nitriles is 1. The first-order valence-corrected chi connectivity index (χ1v) is 6.05. The third kappa shape index (κ3) is 2.68. The average molecular weight is 252 g/mol. The van der Waals surface area contributed by atoms with E-state index in [1.54, 1.807) is 12.3 Å². The Balaban J connectivity index is 1.95. The Kier molecular flexibility index (Phi) is 3.82. The fourth-order valence-electron chi connectivity index (χ4n) is 1.88. The van der Waals surface area contributed by atoms with Gasteiger partial charge in [-0.3, -0.25) is 0 Å². The molecule has 1 aliphatic rings. The number of hydrogen-bond donors (Lipinski definition) is 1. The summed E-state index contributed by atoms with van der Waals surface area (Å²) in [6.45, 7) is 2.75. The average Bonchev–Trinajstić information content (AvgIpc) is 2.28. The Morgan fingerprint density at radius 1 is 1.65 bits per heavy atom. The van der Waals surface area contributed by atoms with E-state index in [0.29, 0.717) is 28.5 Å². The molecule has 0 spiro atoms. The molecule has 0 saturated heterocycles. The van der Waals surface area contributed by atoms with Crippen LogP contribution in [0.25, 0.3) is 0 Å². The minimum Gasteiger partial charge on any atom is -0.378 e. The monoisotopic (exact) mass is 251 g/mol. The molecule has 1 aromatic heterocycles. The van der Waals surface area contributed by atoms with Crippen LogP contribution in [-0.4, -0.2) is 23.7 Å². The highest BCUT2D eigenvalue weighted by molar-refractivity contribution is 6.34. The summed E-state index contributed by atoms with van der Waals surface area (Å²) in [4.78, 5) is 4.14. The van der Waals surface area contributed by atoms with Crippen molar-refractivity contribution in [2.75, 3.05) is 11.9 Å². The zero-order valence-electron chi connectivity index (χ0n) is 9.61. The second kappa shape index (κ2) is 5.35. The van der Waals surface area contributed by atoms with Crippen molar-refractivity contribution in [2.45, 2.75) is 31.9 Å². The smallest absolute Gasteiger partial charge is 0.146 e.